The normalized spacial score (nSPS) is 16.9. The molecule has 1 fully saturated rings. The lowest BCUT2D eigenvalue weighted by Gasteiger charge is -2.28. The lowest BCUT2D eigenvalue weighted by molar-refractivity contribution is -0.116. The lowest BCUT2D eigenvalue weighted by Crippen LogP contribution is -2.32. The summed E-state index contributed by atoms with van der Waals surface area (Å²) >= 11 is 0. The molecule has 2 aliphatic rings. The van der Waals surface area contributed by atoms with Gasteiger partial charge in [0.05, 0.1) is 0 Å². The summed E-state index contributed by atoms with van der Waals surface area (Å²) < 4.78 is 2.25. The van der Waals surface area contributed by atoms with Gasteiger partial charge in [-0.05, 0) is 75.4 Å². The van der Waals surface area contributed by atoms with Gasteiger partial charge in [-0.3, -0.25) is 4.79 Å². The Bertz CT molecular complexity index is 1120. The molecule has 2 aromatic carbocycles. The molecule has 0 bridgehead atoms. The fourth-order valence-electron chi connectivity index (χ4n) is 4.92. The highest BCUT2D eigenvalue weighted by Crippen LogP contribution is 2.26. The number of carbonyl (C=O) groups is 1. The minimum atomic E-state index is -0.382. The first-order valence-electron chi connectivity index (χ1n) is 12.6. The Morgan fingerprint density at radius 2 is 1.65 bits per heavy atom. The van der Waals surface area contributed by atoms with Crippen molar-refractivity contribution in [3.8, 4) is 11.4 Å². The molecule has 34 heavy (non-hydrogen) atoms. The number of anilines is 3. The van der Waals surface area contributed by atoms with Gasteiger partial charge in [0.1, 0.15) is 11.9 Å². The number of piperidine rings is 1. The summed E-state index contributed by atoms with van der Waals surface area (Å²) in [6, 6.07) is 15.9. The second-order valence-corrected chi connectivity index (χ2v) is 9.43. The highest BCUT2D eigenvalue weighted by Gasteiger charge is 2.18. The average Bonchev–Trinajstić information content (AvgIpc) is 3.13. The van der Waals surface area contributed by atoms with Gasteiger partial charge in [0, 0.05) is 48.7 Å². The van der Waals surface area contributed by atoms with E-state index < -0.39 is 0 Å². The third-order valence-corrected chi connectivity index (χ3v) is 6.86. The van der Waals surface area contributed by atoms with Gasteiger partial charge in [0.15, 0.2) is 5.82 Å². The smallest absolute Gasteiger partial charge is 0.246 e. The first kappa shape index (κ1) is 22.4. The standard InChI is InChI=1S/C27H34N6O/c1-20(27(34)29-22-12-14-24(15-13-22)32-16-5-3-6-17-32)28-23-10-8-9-21(19-23)26-31-30-25-11-4-2-7-18-33(25)26/h8-10,12-15,19-20,28H,2-7,11,16-18H2,1H3,(H,29,34)/t20-/m1/s1. The second kappa shape index (κ2) is 10.3. The van der Waals surface area contributed by atoms with Gasteiger partial charge in [0.2, 0.25) is 5.91 Å². The van der Waals surface area contributed by atoms with Gasteiger partial charge in [-0.25, -0.2) is 0 Å². The molecule has 0 aliphatic carbocycles. The van der Waals surface area contributed by atoms with Crippen LogP contribution in [-0.2, 0) is 17.8 Å². The van der Waals surface area contributed by atoms with Crippen molar-refractivity contribution in [2.24, 2.45) is 0 Å². The van der Waals surface area contributed by atoms with Crippen molar-refractivity contribution in [1.29, 1.82) is 0 Å². The van der Waals surface area contributed by atoms with Gasteiger partial charge in [-0.2, -0.15) is 0 Å². The van der Waals surface area contributed by atoms with Crippen molar-refractivity contribution in [3.05, 3.63) is 54.4 Å². The lowest BCUT2D eigenvalue weighted by atomic mass is 10.1. The zero-order valence-corrected chi connectivity index (χ0v) is 20.0. The highest BCUT2D eigenvalue weighted by molar-refractivity contribution is 5.96. The number of hydrogen-bond donors (Lipinski definition) is 2. The number of amides is 1. The third-order valence-electron chi connectivity index (χ3n) is 6.86. The van der Waals surface area contributed by atoms with Crippen LogP contribution in [0.3, 0.4) is 0 Å². The predicted molar refractivity (Wildman–Crippen MR) is 137 cm³/mol. The molecule has 1 saturated heterocycles. The SMILES string of the molecule is C[C@@H](Nc1cccc(-c2nnc3n2CCCCC3)c1)C(=O)Nc1ccc(N2CCCCC2)cc1. The Morgan fingerprint density at radius 3 is 2.47 bits per heavy atom. The van der Waals surface area contributed by atoms with E-state index in [2.05, 4.69) is 54.6 Å². The summed E-state index contributed by atoms with van der Waals surface area (Å²) in [6.07, 6.45) is 8.38. The zero-order chi connectivity index (χ0) is 23.3. The number of aromatic nitrogens is 3. The number of carbonyl (C=O) groups excluding carboxylic acids is 1. The fraction of sp³-hybridized carbons (Fsp3) is 0.444. The monoisotopic (exact) mass is 458 g/mol. The van der Waals surface area contributed by atoms with E-state index in [4.69, 9.17) is 0 Å². The van der Waals surface area contributed by atoms with Gasteiger partial charge >= 0.3 is 0 Å². The molecule has 0 unspecified atom stereocenters. The molecule has 3 aromatic rings. The molecule has 1 amide bonds. The van der Waals surface area contributed by atoms with Gasteiger partial charge in [-0.1, -0.05) is 18.6 Å². The Hall–Kier alpha value is -3.35. The topological polar surface area (TPSA) is 75.1 Å². The molecule has 3 heterocycles. The molecule has 7 nitrogen and oxygen atoms in total. The van der Waals surface area contributed by atoms with Crippen LogP contribution in [0.15, 0.2) is 48.5 Å². The molecule has 5 rings (SSSR count). The van der Waals surface area contributed by atoms with Crippen LogP contribution >= 0.6 is 0 Å². The molecular weight excluding hydrogens is 424 g/mol. The molecule has 0 spiro atoms. The maximum absolute atomic E-state index is 12.8. The van der Waals surface area contributed by atoms with Crippen LogP contribution < -0.4 is 15.5 Å². The molecule has 0 saturated carbocycles. The average molecular weight is 459 g/mol. The van der Waals surface area contributed by atoms with E-state index in [1.165, 1.54) is 37.8 Å². The number of hydrogen-bond acceptors (Lipinski definition) is 5. The van der Waals surface area contributed by atoms with E-state index >= 15 is 0 Å². The first-order valence-corrected chi connectivity index (χ1v) is 12.6. The molecule has 0 radical (unpaired) electrons. The summed E-state index contributed by atoms with van der Waals surface area (Å²) in [4.78, 5) is 15.3. The number of fused-ring (bicyclic) bond motifs is 1. The van der Waals surface area contributed by atoms with Crippen LogP contribution in [0.5, 0.6) is 0 Å². The molecular formula is C27H34N6O. The molecule has 2 N–H and O–H groups in total. The molecule has 2 aliphatic heterocycles. The van der Waals surface area contributed by atoms with Crippen molar-refractivity contribution >= 4 is 23.0 Å². The van der Waals surface area contributed by atoms with E-state index in [-0.39, 0.29) is 11.9 Å². The number of nitrogens with one attached hydrogen (secondary N) is 2. The minimum absolute atomic E-state index is 0.0625. The number of aryl methyl sites for hydroxylation is 1. The van der Waals surface area contributed by atoms with Gasteiger partial charge in [0.25, 0.3) is 0 Å². The second-order valence-electron chi connectivity index (χ2n) is 9.43. The number of benzene rings is 2. The molecule has 178 valence electrons. The van der Waals surface area contributed by atoms with E-state index in [0.717, 1.165) is 61.1 Å². The highest BCUT2D eigenvalue weighted by atomic mass is 16.2. The van der Waals surface area contributed by atoms with Crippen LogP contribution in [-0.4, -0.2) is 39.8 Å². The molecule has 1 aromatic heterocycles. The largest absolute Gasteiger partial charge is 0.374 e. The van der Waals surface area contributed by atoms with Crippen molar-refractivity contribution in [2.45, 2.75) is 64.5 Å². The zero-order valence-electron chi connectivity index (χ0n) is 20.0. The van der Waals surface area contributed by atoms with Crippen LogP contribution in [0.1, 0.15) is 51.3 Å². The van der Waals surface area contributed by atoms with Crippen molar-refractivity contribution in [2.75, 3.05) is 28.6 Å². The van der Waals surface area contributed by atoms with Crippen LogP contribution in [0, 0.1) is 0 Å². The Morgan fingerprint density at radius 1 is 0.882 bits per heavy atom. The summed E-state index contributed by atoms with van der Waals surface area (Å²) in [6.45, 7) is 5.07. The van der Waals surface area contributed by atoms with Crippen molar-refractivity contribution in [3.63, 3.8) is 0 Å². The maximum atomic E-state index is 12.8. The first-order chi connectivity index (χ1) is 16.7. The number of rotatable bonds is 6. The Balaban J connectivity index is 1.22. The molecule has 1 atom stereocenters. The van der Waals surface area contributed by atoms with E-state index in [0.29, 0.717) is 0 Å². The van der Waals surface area contributed by atoms with Crippen molar-refractivity contribution < 1.29 is 4.79 Å². The predicted octanol–water partition coefficient (Wildman–Crippen LogP) is 5.10. The summed E-state index contributed by atoms with van der Waals surface area (Å²) in [5.74, 6) is 1.92. The molecule has 7 heteroatoms. The minimum Gasteiger partial charge on any atom is -0.374 e. The summed E-state index contributed by atoms with van der Waals surface area (Å²) in [5.41, 5.74) is 3.96. The van der Waals surface area contributed by atoms with Gasteiger partial charge < -0.3 is 20.1 Å². The van der Waals surface area contributed by atoms with Crippen LogP contribution in [0.25, 0.3) is 11.4 Å². The Kier molecular flexibility index (Phi) is 6.79. The third kappa shape index (κ3) is 5.08. The fourth-order valence-corrected chi connectivity index (χ4v) is 4.92. The summed E-state index contributed by atoms with van der Waals surface area (Å²) in [5, 5.41) is 15.3. The van der Waals surface area contributed by atoms with Gasteiger partial charge in [-0.15, -0.1) is 10.2 Å². The number of nitrogens with zero attached hydrogens (tertiary/aromatic N) is 4. The van der Waals surface area contributed by atoms with Crippen molar-refractivity contribution in [1.82, 2.24) is 14.8 Å². The summed E-state index contributed by atoms with van der Waals surface area (Å²) in [7, 11) is 0. The quantitative estimate of drug-likeness (QED) is 0.537. The van der Waals surface area contributed by atoms with E-state index in [9.17, 15) is 4.79 Å². The van der Waals surface area contributed by atoms with E-state index in [1.807, 2.05) is 31.2 Å². The van der Waals surface area contributed by atoms with Crippen LogP contribution in [0.2, 0.25) is 0 Å². The van der Waals surface area contributed by atoms with E-state index in [1.54, 1.807) is 0 Å². The Labute approximate surface area is 201 Å². The van der Waals surface area contributed by atoms with Crippen LogP contribution in [0.4, 0.5) is 17.1 Å². The maximum Gasteiger partial charge on any atom is 0.246 e.